The van der Waals surface area contributed by atoms with Crippen molar-refractivity contribution in [3.8, 4) is 0 Å². The minimum Gasteiger partial charge on any atom is -0.380 e. The van der Waals surface area contributed by atoms with Gasteiger partial charge in [-0.1, -0.05) is 0 Å². The molecule has 138 valence electrons. The Labute approximate surface area is 140 Å². The number of aliphatic hydroxyl groups is 1. The van der Waals surface area contributed by atoms with Gasteiger partial charge in [-0.05, 0) is 31.6 Å². The smallest absolute Gasteiger partial charge is 0.380 e. The van der Waals surface area contributed by atoms with Crippen molar-refractivity contribution in [3.05, 3.63) is 27.2 Å². The number of hydrogen-bond acceptors (Lipinski definition) is 4. The number of imidazole rings is 1. The lowest BCUT2D eigenvalue weighted by atomic mass is 9.78. The third-order valence-electron chi connectivity index (χ3n) is 5.10. The minimum absolute atomic E-state index is 0.0283. The molecule has 0 radical (unpaired) electrons. The number of hydrogen-bond donors (Lipinski definition) is 1. The average Bonchev–Trinajstić information content (AvgIpc) is 2.92. The molecule has 2 aromatic rings. The highest BCUT2D eigenvalue weighted by Crippen LogP contribution is 2.43. The monoisotopic (exact) mass is 360 g/mol. The molecule has 0 atom stereocenters. The first-order valence-electron chi connectivity index (χ1n) is 7.95. The standard InChI is InChI=1S/C15H19F3N4O3/c1-20-8-19-11-10(20)12(23)22(13(24)21(11)2)7-9-3-5-14(25,6-4-9)15(16,17)18/h8-9,25H,3-7H2,1-2H3. The molecule has 0 saturated heterocycles. The van der Waals surface area contributed by atoms with E-state index >= 15 is 0 Å². The van der Waals surface area contributed by atoms with E-state index in [1.807, 2.05) is 0 Å². The van der Waals surface area contributed by atoms with Crippen LogP contribution in [-0.2, 0) is 20.6 Å². The fourth-order valence-electron chi connectivity index (χ4n) is 3.44. The van der Waals surface area contributed by atoms with Crippen LogP contribution in [0.1, 0.15) is 25.7 Å². The molecule has 0 unspecified atom stereocenters. The summed E-state index contributed by atoms with van der Waals surface area (Å²) in [7, 11) is 3.13. The largest absolute Gasteiger partial charge is 0.417 e. The molecule has 1 aliphatic carbocycles. The van der Waals surface area contributed by atoms with Crippen LogP contribution in [-0.4, -0.2) is 35.6 Å². The molecule has 0 aromatic carbocycles. The van der Waals surface area contributed by atoms with E-state index in [0.29, 0.717) is 0 Å². The third-order valence-corrected chi connectivity index (χ3v) is 5.10. The molecular formula is C15H19F3N4O3. The zero-order chi connectivity index (χ0) is 18.6. The van der Waals surface area contributed by atoms with E-state index in [0.717, 1.165) is 4.57 Å². The zero-order valence-corrected chi connectivity index (χ0v) is 13.9. The molecule has 0 aliphatic heterocycles. The van der Waals surface area contributed by atoms with Crippen molar-refractivity contribution in [2.45, 2.75) is 44.0 Å². The van der Waals surface area contributed by atoms with Gasteiger partial charge in [-0.2, -0.15) is 13.2 Å². The Kier molecular flexibility index (Phi) is 4.05. The Morgan fingerprint density at radius 2 is 1.88 bits per heavy atom. The van der Waals surface area contributed by atoms with Crippen molar-refractivity contribution >= 4 is 11.2 Å². The van der Waals surface area contributed by atoms with E-state index in [1.165, 1.54) is 22.5 Å². The topological polar surface area (TPSA) is 82.1 Å². The summed E-state index contributed by atoms with van der Waals surface area (Å²) in [5.41, 5.74) is -3.19. The van der Waals surface area contributed by atoms with E-state index in [2.05, 4.69) is 4.98 Å². The Hall–Kier alpha value is -2.10. The summed E-state index contributed by atoms with van der Waals surface area (Å²) in [6, 6.07) is 0. The molecule has 7 nitrogen and oxygen atoms in total. The normalized spacial score (nSPS) is 24.8. The molecular weight excluding hydrogens is 341 g/mol. The number of rotatable bonds is 2. The number of halogens is 3. The third kappa shape index (κ3) is 2.78. The summed E-state index contributed by atoms with van der Waals surface area (Å²) in [6.45, 7) is 0.0283. The van der Waals surface area contributed by atoms with Crippen molar-refractivity contribution in [1.82, 2.24) is 18.7 Å². The molecule has 10 heteroatoms. The van der Waals surface area contributed by atoms with Gasteiger partial charge < -0.3 is 9.67 Å². The first kappa shape index (κ1) is 17.7. The highest BCUT2D eigenvalue weighted by molar-refractivity contribution is 5.69. The maximum atomic E-state index is 12.9. The second-order valence-corrected chi connectivity index (χ2v) is 6.76. The maximum Gasteiger partial charge on any atom is 0.417 e. The van der Waals surface area contributed by atoms with E-state index in [1.54, 1.807) is 7.05 Å². The summed E-state index contributed by atoms with van der Waals surface area (Å²) < 4.78 is 42.4. The highest BCUT2D eigenvalue weighted by Gasteiger charge is 2.54. The van der Waals surface area contributed by atoms with Gasteiger partial charge in [0.1, 0.15) is 0 Å². The van der Waals surface area contributed by atoms with Crippen LogP contribution < -0.4 is 11.2 Å². The molecule has 2 heterocycles. The van der Waals surface area contributed by atoms with Gasteiger partial charge in [-0.15, -0.1) is 0 Å². The van der Waals surface area contributed by atoms with Crippen molar-refractivity contribution in [3.63, 3.8) is 0 Å². The van der Waals surface area contributed by atoms with Gasteiger partial charge in [0.05, 0.1) is 6.33 Å². The second-order valence-electron chi connectivity index (χ2n) is 6.76. The predicted molar refractivity (Wildman–Crippen MR) is 83.2 cm³/mol. The quantitative estimate of drug-likeness (QED) is 0.863. The van der Waals surface area contributed by atoms with Crippen LogP contribution in [0.4, 0.5) is 13.2 Å². The van der Waals surface area contributed by atoms with Gasteiger partial charge in [0.15, 0.2) is 16.8 Å². The van der Waals surface area contributed by atoms with Crippen LogP contribution in [0.15, 0.2) is 15.9 Å². The number of aryl methyl sites for hydroxylation is 2. The Bertz CT molecular complexity index is 917. The molecule has 1 saturated carbocycles. The van der Waals surface area contributed by atoms with Gasteiger partial charge in [-0.25, -0.2) is 9.78 Å². The van der Waals surface area contributed by atoms with Gasteiger partial charge in [0, 0.05) is 20.6 Å². The Balaban J connectivity index is 1.89. The number of aromatic nitrogens is 4. The average molecular weight is 360 g/mol. The first-order chi connectivity index (χ1) is 11.5. The van der Waals surface area contributed by atoms with Crippen LogP contribution in [0.2, 0.25) is 0 Å². The van der Waals surface area contributed by atoms with Crippen molar-refractivity contribution in [1.29, 1.82) is 0 Å². The van der Waals surface area contributed by atoms with Crippen molar-refractivity contribution in [2.24, 2.45) is 20.0 Å². The molecule has 0 spiro atoms. The summed E-state index contributed by atoms with van der Waals surface area (Å²) in [6.07, 6.45) is -3.91. The fraction of sp³-hybridized carbons (Fsp3) is 0.667. The minimum atomic E-state index is -4.67. The first-order valence-corrected chi connectivity index (χ1v) is 7.95. The van der Waals surface area contributed by atoms with Crippen LogP contribution in [0.5, 0.6) is 0 Å². The Morgan fingerprint density at radius 3 is 2.44 bits per heavy atom. The summed E-state index contributed by atoms with van der Waals surface area (Å²) in [5.74, 6) is -0.279. The lowest BCUT2D eigenvalue weighted by Crippen LogP contribution is -2.49. The molecule has 1 N–H and O–H groups in total. The van der Waals surface area contributed by atoms with Crippen LogP contribution in [0, 0.1) is 5.92 Å². The van der Waals surface area contributed by atoms with Crippen molar-refractivity contribution in [2.75, 3.05) is 0 Å². The molecule has 1 aliphatic rings. The van der Waals surface area contributed by atoms with E-state index in [9.17, 15) is 27.9 Å². The summed E-state index contributed by atoms with van der Waals surface area (Å²) in [5, 5.41) is 9.72. The number of nitrogens with zero attached hydrogens (tertiary/aromatic N) is 4. The zero-order valence-electron chi connectivity index (χ0n) is 13.9. The van der Waals surface area contributed by atoms with Crippen molar-refractivity contribution < 1.29 is 18.3 Å². The van der Waals surface area contributed by atoms with Gasteiger partial charge >= 0.3 is 11.9 Å². The van der Waals surface area contributed by atoms with Crippen LogP contribution in [0.3, 0.4) is 0 Å². The maximum absolute atomic E-state index is 12.9. The predicted octanol–water partition coefficient (Wildman–Crippen LogP) is 0.917. The van der Waals surface area contributed by atoms with E-state index < -0.39 is 35.9 Å². The number of fused-ring (bicyclic) bond motifs is 1. The highest BCUT2D eigenvalue weighted by atomic mass is 19.4. The van der Waals surface area contributed by atoms with Gasteiger partial charge in [0.25, 0.3) is 5.56 Å². The Morgan fingerprint density at radius 1 is 1.28 bits per heavy atom. The fourth-order valence-corrected chi connectivity index (χ4v) is 3.44. The lowest BCUT2D eigenvalue weighted by Gasteiger charge is -2.37. The summed E-state index contributed by atoms with van der Waals surface area (Å²) in [4.78, 5) is 29.1. The van der Waals surface area contributed by atoms with Gasteiger partial charge in [0.2, 0.25) is 0 Å². The summed E-state index contributed by atoms with van der Waals surface area (Å²) >= 11 is 0. The SMILES string of the molecule is Cn1cnc2c1c(=O)n(CC1CCC(O)(C(F)(F)F)CC1)c(=O)n2C. The van der Waals surface area contributed by atoms with E-state index in [4.69, 9.17) is 0 Å². The molecule has 25 heavy (non-hydrogen) atoms. The molecule has 1 fully saturated rings. The van der Waals surface area contributed by atoms with E-state index in [-0.39, 0.29) is 36.5 Å². The van der Waals surface area contributed by atoms with Gasteiger partial charge in [-0.3, -0.25) is 13.9 Å². The molecule has 2 aromatic heterocycles. The van der Waals surface area contributed by atoms with Crippen LogP contribution in [0.25, 0.3) is 11.2 Å². The molecule has 0 amide bonds. The molecule has 3 rings (SSSR count). The lowest BCUT2D eigenvalue weighted by molar-refractivity contribution is -0.272. The second kappa shape index (κ2) is 5.72. The molecule has 0 bridgehead atoms. The van der Waals surface area contributed by atoms with Crippen LogP contribution >= 0.6 is 0 Å². The number of alkyl halides is 3.